The molecule has 0 bridgehead atoms. The van der Waals surface area contributed by atoms with E-state index in [1.807, 2.05) is 13.0 Å². The maximum Gasteiger partial charge on any atom is 0.250 e. The fourth-order valence-electron chi connectivity index (χ4n) is 2.13. The Bertz CT molecular complexity index is 392. The summed E-state index contributed by atoms with van der Waals surface area (Å²) in [5.74, 6) is 5.02. The van der Waals surface area contributed by atoms with E-state index in [9.17, 15) is 4.79 Å². The van der Waals surface area contributed by atoms with Crippen molar-refractivity contribution in [1.29, 1.82) is 0 Å². The molecule has 16 heavy (non-hydrogen) atoms. The maximum atomic E-state index is 11.4. The average molecular weight is 219 g/mol. The van der Waals surface area contributed by atoms with Gasteiger partial charge in [-0.2, -0.15) is 0 Å². The first kappa shape index (κ1) is 11.1. The topological polar surface area (TPSA) is 58.4 Å². The summed E-state index contributed by atoms with van der Waals surface area (Å²) in [7, 11) is 0. The fraction of sp³-hybridized carbons (Fsp3) is 0.417. The van der Waals surface area contributed by atoms with Gasteiger partial charge in [0.05, 0.1) is 6.04 Å². The largest absolute Gasteiger partial charge is 0.293 e. The Balaban J connectivity index is 2.10. The summed E-state index contributed by atoms with van der Waals surface area (Å²) in [6, 6.07) is 8.20. The molecular formula is C12H17N3O. The number of nitrogens with two attached hydrogens (primary N) is 1. The van der Waals surface area contributed by atoms with Crippen LogP contribution in [0, 0.1) is 0 Å². The first-order valence-corrected chi connectivity index (χ1v) is 5.53. The lowest BCUT2D eigenvalue weighted by Crippen LogP contribution is -2.48. The summed E-state index contributed by atoms with van der Waals surface area (Å²) in [6.07, 6.45) is 0.998. The van der Waals surface area contributed by atoms with Gasteiger partial charge in [0.15, 0.2) is 0 Å². The summed E-state index contributed by atoms with van der Waals surface area (Å²) < 4.78 is 0. The van der Waals surface area contributed by atoms with Gasteiger partial charge in [0.25, 0.3) is 5.91 Å². The van der Waals surface area contributed by atoms with E-state index >= 15 is 0 Å². The summed E-state index contributed by atoms with van der Waals surface area (Å²) >= 11 is 0. The number of carbonyl (C=O) groups excluding carboxylic acids is 1. The van der Waals surface area contributed by atoms with Crippen LogP contribution >= 0.6 is 0 Å². The monoisotopic (exact) mass is 219 g/mol. The van der Waals surface area contributed by atoms with Crippen molar-refractivity contribution in [2.24, 2.45) is 5.84 Å². The molecule has 3 N–H and O–H groups in total. The van der Waals surface area contributed by atoms with E-state index in [0.29, 0.717) is 0 Å². The minimum Gasteiger partial charge on any atom is -0.293 e. The lowest BCUT2D eigenvalue weighted by atomic mass is 9.99. The van der Waals surface area contributed by atoms with Crippen LogP contribution in [0.25, 0.3) is 0 Å². The molecule has 0 saturated carbocycles. The number of hydrazine groups is 1. The van der Waals surface area contributed by atoms with Crippen LogP contribution in [0.2, 0.25) is 0 Å². The number of hydrogen-bond acceptors (Lipinski definition) is 3. The predicted octanol–water partition coefficient (Wildman–Crippen LogP) is 0.423. The molecule has 0 aromatic heterocycles. The van der Waals surface area contributed by atoms with Crippen molar-refractivity contribution in [2.45, 2.75) is 25.9 Å². The third-order valence-corrected chi connectivity index (χ3v) is 3.23. The Morgan fingerprint density at radius 3 is 2.81 bits per heavy atom. The molecule has 1 aromatic carbocycles. The normalized spacial score (nSPS) is 17.6. The standard InChI is InChI=1S/C12H17N3O/c1-9(12(16)14-13)15-7-6-10-4-2-3-5-11(10)8-15/h2-5,9H,6-8,13H2,1H3,(H,14,16). The fourth-order valence-corrected chi connectivity index (χ4v) is 2.13. The van der Waals surface area contributed by atoms with Crippen LogP contribution in [-0.4, -0.2) is 23.4 Å². The van der Waals surface area contributed by atoms with Crippen LogP contribution in [0.1, 0.15) is 18.1 Å². The third-order valence-electron chi connectivity index (χ3n) is 3.23. The second-order valence-corrected chi connectivity index (χ2v) is 4.17. The highest BCUT2D eigenvalue weighted by Gasteiger charge is 2.24. The van der Waals surface area contributed by atoms with Crippen molar-refractivity contribution < 1.29 is 4.79 Å². The molecule has 0 spiro atoms. The Hall–Kier alpha value is -1.39. The van der Waals surface area contributed by atoms with Gasteiger partial charge < -0.3 is 0 Å². The molecule has 1 aliphatic rings. The highest BCUT2D eigenvalue weighted by atomic mass is 16.2. The van der Waals surface area contributed by atoms with E-state index in [1.165, 1.54) is 11.1 Å². The molecule has 2 rings (SSSR count). The number of hydrogen-bond donors (Lipinski definition) is 2. The van der Waals surface area contributed by atoms with Crippen molar-refractivity contribution >= 4 is 5.91 Å². The van der Waals surface area contributed by atoms with Crippen molar-refractivity contribution in [3.63, 3.8) is 0 Å². The second kappa shape index (κ2) is 4.63. The van der Waals surface area contributed by atoms with Gasteiger partial charge in [-0.05, 0) is 24.5 Å². The molecule has 4 heteroatoms. The Kier molecular flexibility index (Phi) is 3.22. The average Bonchev–Trinajstić information content (AvgIpc) is 2.36. The number of rotatable bonds is 2. The Morgan fingerprint density at radius 1 is 1.44 bits per heavy atom. The Morgan fingerprint density at radius 2 is 2.12 bits per heavy atom. The van der Waals surface area contributed by atoms with Crippen molar-refractivity contribution in [3.05, 3.63) is 35.4 Å². The highest BCUT2D eigenvalue weighted by molar-refractivity contribution is 5.80. The minimum absolute atomic E-state index is 0.126. The van der Waals surface area contributed by atoms with Crippen LogP contribution < -0.4 is 11.3 Å². The third kappa shape index (κ3) is 2.08. The Labute approximate surface area is 95.4 Å². The second-order valence-electron chi connectivity index (χ2n) is 4.17. The number of nitrogens with one attached hydrogen (secondary N) is 1. The molecule has 1 amide bonds. The van der Waals surface area contributed by atoms with Gasteiger partial charge in [0, 0.05) is 13.1 Å². The van der Waals surface area contributed by atoms with Gasteiger partial charge in [0.1, 0.15) is 0 Å². The van der Waals surface area contributed by atoms with Gasteiger partial charge in [-0.25, -0.2) is 5.84 Å². The molecule has 1 heterocycles. The molecule has 1 aromatic rings. The van der Waals surface area contributed by atoms with Crippen LogP contribution in [0.15, 0.2) is 24.3 Å². The summed E-state index contributed by atoms with van der Waals surface area (Å²) in [4.78, 5) is 13.6. The van der Waals surface area contributed by atoms with Gasteiger partial charge in [0.2, 0.25) is 0 Å². The molecule has 0 aliphatic carbocycles. The minimum atomic E-state index is -0.168. The molecule has 1 atom stereocenters. The molecule has 1 unspecified atom stereocenters. The van der Waals surface area contributed by atoms with Crippen LogP contribution in [0.5, 0.6) is 0 Å². The molecule has 0 fully saturated rings. The predicted molar refractivity (Wildman–Crippen MR) is 62.3 cm³/mol. The number of carbonyl (C=O) groups is 1. The van der Waals surface area contributed by atoms with E-state index in [0.717, 1.165) is 19.5 Å². The van der Waals surface area contributed by atoms with E-state index in [1.54, 1.807) is 0 Å². The van der Waals surface area contributed by atoms with Gasteiger partial charge in [-0.15, -0.1) is 0 Å². The quantitative estimate of drug-likeness (QED) is 0.430. The van der Waals surface area contributed by atoms with Crippen LogP contribution in [0.4, 0.5) is 0 Å². The molecule has 0 saturated heterocycles. The molecule has 86 valence electrons. The summed E-state index contributed by atoms with van der Waals surface area (Å²) in [5.41, 5.74) is 4.90. The number of nitrogens with zero attached hydrogens (tertiary/aromatic N) is 1. The molecule has 4 nitrogen and oxygen atoms in total. The number of fused-ring (bicyclic) bond motifs is 1. The van der Waals surface area contributed by atoms with Crippen molar-refractivity contribution in [2.75, 3.05) is 6.54 Å². The van der Waals surface area contributed by atoms with Crippen LogP contribution in [0.3, 0.4) is 0 Å². The summed E-state index contributed by atoms with van der Waals surface area (Å²) in [6.45, 7) is 3.62. The van der Waals surface area contributed by atoms with Gasteiger partial charge >= 0.3 is 0 Å². The highest BCUT2D eigenvalue weighted by Crippen LogP contribution is 2.19. The van der Waals surface area contributed by atoms with Crippen LogP contribution in [-0.2, 0) is 17.8 Å². The van der Waals surface area contributed by atoms with E-state index in [-0.39, 0.29) is 11.9 Å². The van der Waals surface area contributed by atoms with Crippen molar-refractivity contribution in [1.82, 2.24) is 10.3 Å². The summed E-state index contributed by atoms with van der Waals surface area (Å²) in [5, 5.41) is 0. The van der Waals surface area contributed by atoms with E-state index in [4.69, 9.17) is 5.84 Å². The zero-order valence-corrected chi connectivity index (χ0v) is 9.44. The SMILES string of the molecule is CC(C(=O)NN)N1CCc2ccccc2C1. The molecule has 0 radical (unpaired) electrons. The lowest BCUT2D eigenvalue weighted by molar-refractivity contribution is -0.126. The van der Waals surface area contributed by atoms with Gasteiger partial charge in [-0.1, -0.05) is 24.3 Å². The number of amides is 1. The molecule has 1 aliphatic heterocycles. The van der Waals surface area contributed by atoms with Gasteiger partial charge in [-0.3, -0.25) is 15.1 Å². The first-order valence-electron chi connectivity index (χ1n) is 5.53. The first-order chi connectivity index (χ1) is 7.72. The number of benzene rings is 1. The lowest BCUT2D eigenvalue weighted by Gasteiger charge is -2.32. The van der Waals surface area contributed by atoms with Crippen molar-refractivity contribution in [3.8, 4) is 0 Å². The van der Waals surface area contributed by atoms with E-state index in [2.05, 4.69) is 28.5 Å². The van der Waals surface area contributed by atoms with E-state index < -0.39 is 0 Å². The maximum absolute atomic E-state index is 11.4. The zero-order chi connectivity index (χ0) is 11.5. The molecular weight excluding hydrogens is 202 g/mol. The smallest absolute Gasteiger partial charge is 0.250 e. The zero-order valence-electron chi connectivity index (χ0n) is 9.44.